The number of carbonyl (C=O) groups excluding carboxylic acids is 2. The molecule has 0 saturated heterocycles. The molecule has 1 aliphatic carbocycles. The molecular weight excluding hydrogens is 577 g/mol. The largest absolute Gasteiger partial charge is 0.435 e. The van der Waals surface area contributed by atoms with Crippen molar-refractivity contribution in [3.63, 3.8) is 0 Å². The smallest absolute Gasteiger partial charge is 0.388 e. The van der Waals surface area contributed by atoms with Crippen molar-refractivity contribution in [1.29, 1.82) is 0 Å². The lowest BCUT2D eigenvalue weighted by Gasteiger charge is -2.22. The van der Waals surface area contributed by atoms with Gasteiger partial charge in [0.25, 0.3) is 11.8 Å². The van der Waals surface area contributed by atoms with Gasteiger partial charge in [-0.3, -0.25) is 15.1 Å². The number of H-pyrrole nitrogens is 1. The third-order valence-corrected chi connectivity index (χ3v) is 7.58. The summed E-state index contributed by atoms with van der Waals surface area (Å²) in [5.74, 6) is -1.63. The van der Waals surface area contributed by atoms with E-state index in [1.807, 2.05) is 0 Å². The van der Waals surface area contributed by atoms with Gasteiger partial charge < -0.3 is 15.1 Å². The van der Waals surface area contributed by atoms with E-state index in [9.17, 15) is 27.6 Å². The molecule has 4 heterocycles. The summed E-state index contributed by atoms with van der Waals surface area (Å²) in [6.07, 6.45) is 3.45. The standard InChI is InChI=1S/C26H25F3N8O4S/c1-2-31-24(39)34-18-9-16(17(12-32-18)13-8-14(11-30-10-13)22-36-37-25(40)41-22)23-35-20(26(27,28)29)19(42-23)21(38)33-15-6-4-3-5-7-15/h8-12,15H,2-7H2,1H3,(H,33,38)(H,37,40)(H2,31,32,34,39). The quantitative estimate of drug-likeness (QED) is 0.233. The highest BCUT2D eigenvalue weighted by molar-refractivity contribution is 7.17. The molecule has 0 radical (unpaired) electrons. The van der Waals surface area contributed by atoms with E-state index in [0.29, 0.717) is 47.4 Å². The summed E-state index contributed by atoms with van der Waals surface area (Å²) >= 11 is 0.590. The fourth-order valence-corrected chi connectivity index (χ4v) is 5.61. The first-order chi connectivity index (χ1) is 20.1. The van der Waals surface area contributed by atoms with E-state index in [1.54, 1.807) is 13.0 Å². The summed E-state index contributed by atoms with van der Waals surface area (Å²) in [5.41, 5.74) is -0.162. The molecule has 1 fully saturated rings. The lowest BCUT2D eigenvalue weighted by atomic mass is 9.95. The number of anilines is 1. The van der Waals surface area contributed by atoms with Gasteiger partial charge in [-0.05, 0) is 31.9 Å². The Hall–Kier alpha value is -4.60. The lowest BCUT2D eigenvalue weighted by Crippen LogP contribution is -2.36. The molecule has 0 aliphatic heterocycles. The molecule has 5 rings (SSSR count). The Labute approximate surface area is 240 Å². The van der Waals surface area contributed by atoms with Crippen molar-refractivity contribution in [1.82, 2.24) is 35.8 Å². The number of thiazole rings is 1. The zero-order valence-corrected chi connectivity index (χ0v) is 23.0. The minimum absolute atomic E-state index is 0.0408. The summed E-state index contributed by atoms with van der Waals surface area (Å²) in [6.45, 7) is 2.05. The van der Waals surface area contributed by atoms with Crippen LogP contribution in [0.2, 0.25) is 0 Å². The highest BCUT2D eigenvalue weighted by Crippen LogP contribution is 2.41. The summed E-state index contributed by atoms with van der Waals surface area (Å²) in [4.78, 5) is 48.4. The number of amides is 3. The van der Waals surface area contributed by atoms with Gasteiger partial charge in [-0.25, -0.2) is 24.7 Å². The number of nitrogens with one attached hydrogen (secondary N) is 4. The molecule has 12 nitrogen and oxygen atoms in total. The molecule has 0 atom stereocenters. The molecule has 4 N–H and O–H groups in total. The third kappa shape index (κ3) is 6.48. The van der Waals surface area contributed by atoms with Gasteiger partial charge in [0, 0.05) is 47.9 Å². The number of pyridine rings is 2. The van der Waals surface area contributed by atoms with Gasteiger partial charge in [0.2, 0.25) is 0 Å². The maximum absolute atomic E-state index is 14.1. The highest BCUT2D eigenvalue weighted by atomic mass is 32.1. The van der Waals surface area contributed by atoms with E-state index in [0.717, 1.165) is 19.3 Å². The first kappa shape index (κ1) is 28.9. The molecule has 0 aromatic carbocycles. The first-order valence-corrected chi connectivity index (χ1v) is 13.9. The first-order valence-electron chi connectivity index (χ1n) is 13.1. The average molecular weight is 603 g/mol. The number of nitrogens with zero attached hydrogens (tertiary/aromatic N) is 4. The van der Waals surface area contributed by atoms with Crippen LogP contribution in [0, 0.1) is 0 Å². The maximum Gasteiger partial charge on any atom is 0.435 e. The fraction of sp³-hybridized carbons (Fsp3) is 0.346. The fourth-order valence-electron chi connectivity index (χ4n) is 4.59. The van der Waals surface area contributed by atoms with E-state index in [4.69, 9.17) is 4.42 Å². The van der Waals surface area contributed by atoms with Crippen LogP contribution in [-0.4, -0.2) is 49.7 Å². The summed E-state index contributed by atoms with van der Waals surface area (Å²) in [5, 5.41) is 13.6. The van der Waals surface area contributed by atoms with Gasteiger partial charge in [0.15, 0.2) is 5.69 Å². The molecular formula is C26H25F3N8O4S. The minimum atomic E-state index is -4.90. The van der Waals surface area contributed by atoms with Crippen LogP contribution in [0.3, 0.4) is 0 Å². The molecule has 220 valence electrons. The summed E-state index contributed by atoms with van der Waals surface area (Å²) in [7, 11) is 0. The van der Waals surface area contributed by atoms with Crippen molar-refractivity contribution < 1.29 is 27.2 Å². The van der Waals surface area contributed by atoms with Crippen LogP contribution in [0.5, 0.6) is 0 Å². The number of hydrogen-bond acceptors (Lipinski definition) is 9. The average Bonchev–Trinajstić information content (AvgIpc) is 3.61. The number of carbonyl (C=O) groups is 2. The zero-order valence-electron chi connectivity index (χ0n) is 22.2. The summed E-state index contributed by atoms with van der Waals surface area (Å²) in [6, 6.07) is 2.15. The number of urea groups is 1. The van der Waals surface area contributed by atoms with E-state index < -0.39 is 34.4 Å². The van der Waals surface area contributed by atoms with Crippen molar-refractivity contribution in [2.75, 3.05) is 11.9 Å². The Morgan fingerprint density at radius 2 is 1.86 bits per heavy atom. The second-order valence-corrected chi connectivity index (χ2v) is 10.5. The van der Waals surface area contributed by atoms with Gasteiger partial charge in [-0.1, -0.05) is 19.3 Å². The van der Waals surface area contributed by atoms with E-state index >= 15 is 0 Å². The Morgan fingerprint density at radius 1 is 1.10 bits per heavy atom. The number of hydrogen-bond donors (Lipinski definition) is 4. The van der Waals surface area contributed by atoms with Crippen LogP contribution >= 0.6 is 11.3 Å². The van der Waals surface area contributed by atoms with Crippen molar-refractivity contribution in [3.05, 3.63) is 51.8 Å². The van der Waals surface area contributed by atoms with Crippen molar-refractivity contribution in [3.8, 4) is 33.2 Å². The number of alkyl halides is 3. The zero-order chi connectivity index (χ0) is 29.9. The topological polar surface area (TPSA) is 168 Å². The third-order valence-electron chi connectivity index (χ3n) is 6.49. The molecule has 1 aliphatic rings. The molecule has 16 heteroatoms. The highest BCUT2D eigenvalue weighted by Gasteiger charge is 2.40. The molecule has 0 bridgehead atoms. The van der Waals surface area contributed by atoms with Gasteiger partial charge in [0.1, 0.15) is 15.7 Å². The predicted molar refractivity (Wildman–Crippen MR) is 147 cm³/mol. The van der Waals surface area contributed by atoms with E-state index in [-0.39, 0.29) is 28.3 Å². The van der Waals surface area contributed by atoms with Gasteiger partial charge in [-0.15, -0.1) is 16.4 Å². The molecule has 42 heavy (non-hydrogen) atoms. The molecule has 0 spiro atoms. The van der Waals surface area contributed by atoms with E-state index in [1.165, 1.54) is 24.7 Å². The number of aromatic nitrogens is 5. The van der Waals surface area contributed by atoms with Crippen LogP contribution in [0.4, 0.5) is 23.8 Å². The predicted octanol–water partition coefficient (Wildman–Crippen LogP) is 4.83. The maximum atomic E-state index is 14.1. The Kier molecular flexibility index (Phi) is 8.33. The number of halogens is 3. The molecule has 3 amide bonds. The molecule has 0 unspecified atom stereocenters. The number of rotatable bonds is 7. The molecule has 1 saturated carbocycles. The van der Waals surface area contributed by atoms with Crippen LogP contribution < -0.4 is 21.7 Å². The summed E-state index contributed by atoms with van der Waals surface area (Å²) < 4.78 is 47.4. The van der Waals surface area contributed by atoms with Crippen molar-refractivity contribution in [2.24, 2.45) is 0 Å². The van der Waals surface area contributed by atoms with Crippen LogP contribution in [-0.2, 0) is 6.18 Å². The van der Waals surface area contributed by atoms with Crippen LogP contribution in [0.1, 0.15) is 54.4 Å². The van der Waals surface area contributed by atoms with Gasteiger partial charge >= 0.3 is 18.0 Å². The van der Waals surface area contributed by atoms with Gasteiger partial charge in [0.05, 0.1) is 5.56 Å². The van der Waals surface area contributed by atoms with Crippen LogP contribution in [0.25, 0.3) is 33.2 Å². The Bertz CT molecular complexity index is 1660. The molecule has 4 aromatic heterocycles. The monoisotopic (exact) mass is 602 g/mol. The lowest BCUT2D eigenvalue weighted by molar-refractivity contribution is -0.141. The van der Waals surface area contributed by atoms with E-state index in [2.05, 4.69) is 41.1 Å². The molecule has 4 aromatic rings. The van der Waals surface area contributed by atoms with Crippen LogP contribution in [0.15, 0.2) is 39.9 Å². The second kappa shape index (κ2) is 12.1. The number of aromatic amines is 1. The van der Waals surface area contributed by atoms with Gasteiger partial charge in [-0.2, -0.15) is 13.2 Å². The normalized spacial score (nSPS) is 14.0. The SMILES string of the molecule is CCNC(=O)Nc1cc(-c2nc(C(F)(F)F)c(C(=O)NC3CCCCC3)s2)c(-c2cncc(-c3n[nH]c(=O)o3)c2)cn1. The van der Waals surface area contributed by atoms with Crippen molar-refractivity contribution >= 4 is 29.1 Å². The second-order valence-electron chi connectivity index (χ2n) is 9.48. The minimum Gasteiger partial charge on any atom is -0.388 e. The Balaban J connectivity index is 1.61. The van der Waals surface area contributed by atoms with Crippen molar-refractivity contribution in [2.45, 2.75) is 51.2 Å². The Morgan fingerprint density at radius 3 is 2.55 bits per heavy atom.